The second kappa shape index (κ2) is 5.71. The molecule has 0 spiro atoms. The van der Waals surface area contributed by atoms with Crippen molar-refractivity contribution in [2.24, 2.45) is 5.73 Å². The van der Waals surface area contributed by atoms with Gasteiger partial charge in [0.15, 0.2) is 0 Å². The van der Waals surface area contributed by atoms with Crippen LogP contribution in [0.25, 0.3) is 10.9 Å². The molecule has 1 unspecified atom stereocenters. The van der Waals surface area contributed by atoms with Gasteiger partial charge in [-0.05, 0) is 18.1 Å². The van der Waals surface area contributed by atoms with Gasteiger partial charge in [-0.3, -0.25) is 20.2 Å². The van der Waals surface area contributed by atoms with Crippen molar-refractivity contribution in [2.45, 2.75) is 18.5 Å². The van der Waals surface area contributed by atoms with E-state index in [9.17, 15) is 14.9 Å². The van der Waals surface area contributed by atoms with E-state index in [0.29, 0.717) is 12.0 Å². The van der Waals surface area contributed by atoms with Crippen LogP contribution < -0.4 is 11.1 Å². The minimum atomic E-state index is -0.587. The predicted molar refractivity (Wildman–Crippen MR) is 93.1 cm³/mol. The number of nitro benzene ring substituents is 1. The van der Waals surface area contributed by atoms with Gasteiger partial charge in [0.05, 0.1) is 22.6 Å². The second-order valence-corrected chi connectivity index (χ2v) is 6.14. The number of para-hydroxylation sites is 2. The Kier molecular flexibility index (Phi) is 3.51. The Balaban J connectivity index is 1.94. The summed E-state index contributed by atoms with van der Waals surface area (Å²) < 4.78 is 0. The summed E-state index contributed by atoms with van der Waals surface area (Å²) in [6, 6.07) is 13.2. The zero-order valence-corrected chi connectivity index (χ0v) is 13.2. The van der Waals surface area contributed by atoms with E-state index in [1.807, 2.05) is 24.3 Å². The fraction of sp³-hybridized carbons (Fsp3) is 0.167. The summed E-state index contributed by atoms with van der Waals surface area (Å²) in [5.74, 6) is -0.473. The molecule has 0 saturated heterocycles. The third-order valence-corrected chi connectivity index (χ3v) is 4.70. The van der Waals surface area contributed by atoms with Crippen LogP contribution in [-0.2, 0) is 11.2 Å². The summed E-state index contributed by atoms with van der Waals surface area (Å²) in [7, 11) is 0. The van der Waals surface area contributed by atoms with Crippen molar-refractivity contribution in [3.63, 3.8) is 0 Å². The number of hydrogen-bond acceptors (Lipinski definition) is 4. The third kappa shape index (κ3) is 2.45. The molecule has 0 fully saturated rings. The van der Waals surface area contributed by atoms with Crippen molar-refractivity contribution in [1.29, 1.82) is 0 Å². The van der Waals surface area contributed by atoms with E-state index in [4.69, 9.17) is 5.73 Å². The van der Waals surface area contributed by atoms with Crippen LogP contribution in [0.2, 0.25) is 0 Å². The second-order valence-electron chi connectivity index (χ2n) is 6.14. The number of nitro groups is 1. The molecule has 2 heterocycles. The van der Waals surface area contributed by atoms with Gasteiger partial charge < -0.3 is 10.7 Å². The highest BCUT2D eigenvalue weighted by atomic mass is 16.6. The molecule has 0 saturated carbocycles. The molecule has 25 heavy (non-hydrogen) atoms. The Morgan fingerprint density at radius 1 is 1.16 bits per heavy atom. The molecular formula is C18H16N4O3. The lowest BCUT2D eigenvalue weighted by atomic mass is 9.89. The van der Waals surface area contributed by atoms with Gasteiger partial charge in [0.25, 0.3) is 5.69 Å². The van der Waals surface area contributed by atoms with Gasteiger partial charge in [0, 0.05) is 22.7 Å². The first-order valence-electron chi connectivity index (χ1n) is 7.94. The quantitative estimate of drug-likeness (QED) is 0.502. The molecular weight excluding hydrogens is 320 g/mol. The van der Waals surface area contributed by atoms with E-state index < -0.39 is 22.9 Å². The van der Waals surface area contributed by atoms with Gasteiger partial charge in [-0.2, -0.15) is 0 Å². The fourth-order valence-corrected chi connectivity index (χ4v) is 3.56. The summed E-state index contributed by atoms with van der Waals surface area (Å²) in [6.07, 6.45) is 0.450. The first kappa shape index (κ1) is 15.3. The molecule has 1 aliphatic rings. The summed E-state index contributed by atoms with van der Waals surface area (Å²) >= 11 is 0. The van der Waals surface area contributed by atoms with E-state index in [1.165, 1.54) is 6.07 Å². The minimum Gasteiger partial charge on any atom is -0.368 e. The van der Waals surface area contributed by atoms with Crippen LogP contribution in [0.3, 0.4) is 0 Å². The van der Waals surface area contributed by atoms with E-state index in [-0.39, 0.29) is 5.69 Å². The Hall–Kier alpha value is -3.19. The number of nitrogens with one attached hydrogen (secondary N) is 2. The number of carbonyl (C=O) groups excluding carboxylic acids is 1. The molecule has 1 aliphatic heterocycles. The standard InChI is InChI=1S/C18H16N4O3/c19-18(23)14-9-12-10-5-1-3-7-13(10)20-17(12)16(21-14)11-6-2-4-8-15(11)22(24)25/h1-8,14,16,20-21H,9H2,(H2,19,23)/t14-,16?/m0/s1. The lowest BCUT2D eigenvalue weighted by Crippen LogP contribution is -2.48. The summed E-state index contributed by atoms with van der Waals surface area (Å²) in [6.45, 7) is 0. The van der Waals surface area contributed by atoms with E-state index >= 15 is 0 Å². The maximum Gasteiger partial charge on any atom is 0.274 e. The van der Waals surface area contributed by atoms with Gasteiger partial charge in [-0.15, -0.1) is 0 Å². The topological polar surface area (TPSA) is 114 Å². The van der Waals surface area contributed by atoms with Crippen molar-refractivity contribution in [3.8, 4) is 0 Å². The summed E-state index contributed by atoms with van der Waals surface area (Å²) in [5.41, 5.74) is 8.79. The molecule has 7 heteroatoms. The Morgan fingerprint density at radius 3 is 2.64 bits per heavy atom. The lowest BCUT2D eigenvalue weighted by molar-refractivity contribution is -0.385. The van der Waals surface area contributed by atoms with Gasteiger partial charge >= 0.3 is 0 Å². The van der Waals surface area contributed by atoms with Crippen LogP contribution in [0, 0.1) is 10.1 Å². The lowest BCUT2D eigenvalue weighted by Gasteiger charge is -2.29. The molecule has 1 amide bonds. The van der Waals surface area contributed by atoms with E-state index in [1.54, 1.807) is 18.2 Å². The Morgan fingerprint density at radius 2 is 1.88 bits per heavy atom. The van der Waals surface area contributed by atoms with Crippen LogP contribution in [0.4, 0.5) is 5.69 Å². The number of primary amides is 1. The number of amides is 1. The predicted octanol–water partition coefficient (Wildman–Crippen LogP) is 2.17. The molecule has 4 rings (SSSR count). The number of aromatic amines is 1. The molecule has 126 valence electrons. The normalized spacial score (nSPS) is 19.5. The zero-order chi connectivity index (χ0) is 17.6. The summed E-state index contributed by atoms with van der Waals surface area (Å²) in [4.78, 5) is 26.2. The Bertz CT molecular complexity index is 995. The molecule has 4 N–H and O–H groups in total. The minimum absolute atomic E-state index is 0.00901. The average molecular weight is 336 g/mol. The maximum absolute atomic E-state index is 11.8. The largest absolute Gasteiger partial charge is 0.368 e. The molecule has 3 aromatic rings. The van der Waals surface area contributed by atoms with Crippen LogP contribution >= 0.6 is 0 Å². The molecule has 0 bridgehead atoms. The highest BCUT2D eigenvalue weighted by Crippen LogP contribution is 2.37. The number of benzene rings is 2. The third-order valence-electron chi connectivity index (χ3n) is 4.70. The van der Waals surface area contributed by atoms with Crippen LogP contribution in [0.1, 0.15) is 22.9 Å². The number of H-pyrrole nitrogens is 1. The number of nitrogens with zero attached hydrogens (tertiary/aromatic N) is 1. The number of aromatic nitrogens is 1. The van der Waals surface area contributed by atoms with Crippen LogP contribution in [0.5, 0.6) is 0 Å². The number of nitrogens with two attached hydrogens (primary N) is 1. The number of hydrogen-bond donors (Lipinski definition) is 3. The molecule has 1 aromatic heterocycles. The highest BCUT2D eigenvalue weighted by Gasteiger charge is 2.35. The van der Waals surface area contributed by atoms with Crippen LogP contribution in [0.15, 0.2) is 48.5 Å². The number of carbonyl (C=O) groups is 1. The van der Waals surface area contributed by atoms with Gasteiger partial charge in [-0.25, -0.2) is 0 Å². The monoisotopic (exact) mass is 336 g/mol. The molecule has 0 radical (unpaired) electrons. The van der Waals surface area contributed by atoms with Crippen molar-refractivity contribution in [3.05, 3.63) is 75.5 Å². The van der Waals surface area contributed by atoms with Gasteiger partial charge in [0.1, 0.15) is 0 Å². The van der Waals surface area contributed by atoms with Crippen molar-refractivity contribution in [1.82, 2.24) is 10.3 Å². The van der Waals surface area contributed by atoms with Crippen molar-refractivity contribution in [2.75, 3.05) is 0 Å². The number of rotatable bonds is 3. The smallest absolute Gasteiger partial charge is 0.274 e. The zero-order valence-electron chi connectivity index (χ0n) is 13.2. The first-order chi connectivity index (χ1) is 12.1. The average Bonchev–Trinajstić information content (AvgIpc) is 2.99. The SMILES string of the molecule is NC(=O)[C@@H]1Cc2c([nH]c3ccccc23)C(c2ccccc2[N+](=O)[O-])N1. The first-order valence-corrected chi connectivity index (χ1v) is 7.94. The Labute approximate surface area is 143 Å². The molecule has 2 aromatic carbocycles. The highest BCUT2D eigenvalue weighted by molar-refractivity contribution is 5.88. The molecule has 2 atom stereocenters. The molecule has 7 nitrogen and oxygen atoms in total. The van der Waals surface area contributed by atoms with Crippen molar-refractivity contribution < 1.29 is 9.72 Å². The fourth-order valence-electron chi connectivity index (χ4n) is 3.56. The van der Waals surface area contributed by atoms with E-state index in [0.717, 1.165) is 22.2 Å². The van der Waals surface area contributed by atoms with Gasteiger partial charge in [0.2, 0.25) is 5.91 Å². The van der Waals surface area contributed by atoms with Crippen molar-refractivity contribution >= 4 is 22.5 Å². The van der Waals surface area contributed by atoms with Gasteiger partial charge in [-0.1, -0.05) is 36.4 Å². The molecule has 0 aliphatic carbocycles. The maximum atomic E-state index is 11.8. The number of fused-ring (bicyclic) bond motifs is 3. The van der Waals surface area contributed by atoms with E-state index in [2.05, 4.69) is 10.3 Å². The van der Waals surface area contributed by atoms with Crippen LogP contribution in [-0.4, -0.2) is 21.9 Å². The summed E-state index contributed by atoms with van der Waals surface area (Å²) in [5, 5.41) is 15.6.